The third-order valence-corrected chi connectivity index (χ3v) is 2.73. The summed E-state index contributed by atoms with van der Waals surface area (Å²) < 4.78 is 2.10. The molecule has 0 fully saturated rings. The van der Waals surface area contributed by atoms with Gasteiger partial charge in [-0.1, -0.05) is 20.8 Å². The van der Waals surface area contributed by atoms with Crippen molar-refractivity contribution < 1.29 is 0 Å². The lowest BCUT2D eigenvalue weighted by atomic mass is 10.2. The second-order valence-electron chi connectivity index (χ2n) is 3.98. The predicted molar refractivity (Wildman–Crippen MR) is 63.8 cm³/mol. The molecule has 0 atom stereocenters. The summed E-state index contributed by atoms with van der Waals surface area (Å²) in [7, 11) is 0. The van der Waals surface area contributed by atoms with Gasteiger partial charge in [0.2, 0.25) is 0 Å². The Morgan fingerprint density at radius 3 is 2.67 bits per heavy atom. The number of hydrogen-bond acceptors (Lipinski definition) is 2. The van der Waals surface area contributed by atoms with Crippen LogP contribution in [0.4, 0.5) is 0 Å². The van der Waals surface area contributed by atoms with Gasteiger partial charge in [-0.05, 0) is 25.8 Å². The van der Waals surface area contributed by atoms with Gasteiger partial charge in [0.1, 0.15) is 0 Å². The smallest absolute Gasteiger partial charge is 0.0534 e. The van der Waals surface area contributed by atoms with Crippen LogP contribution in [0.15, 0.2) is 12.4 Å². The molecule has 0 aliphatic carbocycles. The van der Waals surface area contributed by atoms with Gasteiger partial charge in [0.05, 0.1) is 12.2 Å². The van der Waals surface area contributed by atoms with Gasteiger partial charge in [-0.15, -0.1) is 0 Å². The van der Waals surface area contributed by atoms with Crippen LogP contribution in [0.1, 0.15) is 51.6 Å². The lowest BCUT2D eigenvalue weighted by Crippen LogP contribution is -2.13. The average molecular weight is 209 g/mol. The summed E-state index contributed by atoms with van der Waals surface area (Å²) >= 11 is 0. The largest absolute Gasteiger partial charge is 0.313 e. The van der Waals surface area contributed by atoms with E-state index in [1.54, 1.807) is 0 Å². The van der Waals surface area contributed by atoms with Crippen molar-refractivity contribution in [2.45, 2.75) is 52.6 Å². The summed E-state index contributed by atoms with van der Waals surface area (Å²) in [5.74, 6) is 0. The standard InChI is InChI=1S/C12H23N3/c1-4-7-13-8-11-9-14-15(10-11)12(5-2)6-3/h9-10,12-13H,4-8H2,1-3H3. The maximum absolute atomic E-state index is 4.41. The summed E-state index contributed by atoms with van der Waals surface area (Å²) in [6.45, 7) is 8.63. The molecule has 86 valence electrons. The van der Waals surface area contributed by atoms with Crippen LogP contribution in [0.2, 0.25) is 0 Å². The van der Waals surface area contributed by atoms with E-state index in [9.17, 15) is 0 Å². The number of hydrogen-bond donors (Lipinski definition) is 1. The number of nitrogens with zero attached hydrogens (tertiary/aromatic N) is 2. The molecule has 1 heterocycles. The molecule has 0 saturated carbocycles. The van der Waals surface area contributed by atoms with Gasteiger partial charge >= 0.3 is 0 Å². The highest BCUT2D eigenvalue weighted by molar-refractivity contribution is 5.03. The molecular weight excluding hydrogens is 186 g/mol. The Morgan fingerprint density at radius 1 is 1.33 bits per heavy atom. The highest BCUT2D eigenvalue weighted by Gasteiger charge is 2.06. The fraction of sp³-hybridized carbons (Fsp3) is 0.750. The number of nitrogens with one attached hydrogen (secondary N) is 1. The van der Waals surface area contributed by atoms with E-state index in [1.165, 1.54) is 12.0 Å². The van der Waals surface area contributed by atoms with E-state index in [2.05, 4.69) is 42.1 Å². The molecule has 0 spiro atoms. The Morgan fingerprint density at radius 2 is 2.07 bits per heavy atom. The van der Waals surface area contributed by atoms with E-state index in [-0.39, 0.29) is 0 Å². The van der Waals surface area contributed by atoms with E-state index in [1.807, 2.05) is 6.20 Å². The first-order valence-corrected chi connectivity index (χ1v) is 6.05. The molecule has 1 N–H and O–H groups in total. The Kier molecular flexibility index (Phi) is 5.40. The third kappa shape index (κ3) is 3.67. The van der Waals surface area contributed by atoms with Crippen LogP contribution in [0.25, 0.3) is 0 Å². The molecule has 0 aliphatic heterocycles. The summed E-state index contributed by atoms with van der Waals surface area (Å²) in [6.07, 6.45) is 7.63. The topological polar surface area (TPSA) is 29.9 Å². The lowest BCUT2D eigenvalue weighted by molar-refractivity contribution is 0.428. The number of rotatable bonds is 7. The normalized spacial score (nSPS) is 11.2. The minimum absolute atomic E-state index is 0.560. The van der Waals surface area contributed by atoms with Crippen molar-refractivity contribution in [3.63, 3.8) is 0 Å². The second-order valence-corrected chi connectivity index (χ2v) is 3.98. The Labute approximate surface area is 92.9 Å². The van der Waals surface area contributed by atoms with Crippen LogP contribution < -0.4 is 5.32 Å². The third-order valence-electron chi connectivity index (χ3n) is 2.73. The molecule has 0 aliphatic rings. The van der Waals surface area contributed by atoms with Gasteiger partial charge < -0.3 is 5.32 Å². The van der Waals surface area contributed by atoms with Crippen molar-refractivity contribution >= 4 is 0 Å². The van der Waals surface area contributed by atoms with Crippen molar-refractivity contribution in [2.75, 3.05) is 6.54 Å². The van der Waals surface area contributed by atoms with Gasteiger partial charge in [-0.3, -0.25) is 4.68 Å². The van der Waals surface area contributed by atoms with Crippen LogP contribution in [-0.2, 0) is 6.54 Å². The van der Waals surface area contributed by atoms with E-state index < -0.39 is 0 Å². The molecule has 1 rings (SSSR count). The number of aromatic nitrogens is 2. The van der Waals surface area contributed by atoms with Gasteiger partial charge in [0, 0.05) is 18.3 Å². The highest BCUT2D eigenvalue weighted by Crippen LogP contribution is 2.14. The molecule has 0 unspecified atom stereocenters. The van der Waals surface area contributed by atoms with Crippen LogP contribution in [0.5, 0.6) is 0 Å². The fourth-order valence-electron chi connectivity index (χ4n) is 1.74. The summed E-state index contributed by atoms with van der Waals surface area (Å²) in [5.41, 5.74) is 1.29. The second kappa shape index (κ2) is 6.62. The summed E-state index contributed by atoms with van der Waals surface area (Å²) in [6, 6.07) is 0.560. The molecular formula is C12H23N3. The first kappa shape index (κ1) is 12.2. The van der Waals surface area contributed by atoms with Crippen LogP contribution >= 0.6 is 0 Å². The van der Waals surface area contributed by atoms with Crippen LogP contribution in [0.3, 0.4) is 0 Å². The monoisotopic (exact) mass is 209 g/mol. The predicted octanol–water partition coefficient (Wildman–Crippen LogP) is 2.74. The summed E-state index contributed by atoms with van der Waals surface area (Å²) in [4.78, 5) is 0. The Bertz CT molecular complexity index is 264. The molecule has 0 saturated heterocycles. The van der Waals surface area contributed by atoms with Crippen molar-refractivity contribution in [3.8, 4) is 0 Å². The molecule has 0 radical (unpaired) electrons. The first-order chi connectivity index (χ1) is 7.31. The highest BCUT2D eigenvalue weighted by atomic mass is 15.3. The zero-order valence-electron chi connectivity index (χ0n) is 10.2. The van der Waals surface area contributed by atoms with Crippen LogP contribution in [0, 0.1) is 0 Å². The average Bonchev–Trinajstić information content (AvgIpc) is 2.69. The van der Waals surface area contributed by atoms with E-state index >= 15 is 0 Å². The zero-order chi connectivity index (χ0) is 11.1. The molecule has 0 aromatic carbocycles. The molecule has 15 heavy (non-hydrogen) atoms. The minimum atomic E-state index is 0.560. The molecule has 3 heteroatoms. The van der Waals surface area contributed by atoms with Gasteiger partial charge in [-0.25, -0.2) is 0 Å². The van der Waals surface area contributed by atoms with Crippen molar-refractivity contribution in [1.29, 1.82) is 0 Å². The van der Waals surface area contributed by atoms with Crippen molar-refractivity contribution in [1.82, 2.24) is 15.1 Å². The van der Waals surface area contributed by atoms with E-state index in [0.717, 1.165) is 25.9 Å². The Balaban J connectivity index is 2.47. The maximum Gasteiger partial charge on any atom is 0.0534 e. The SMILES string of the molecule is CCCNCc1cnn(C(CC)CC)c1. The fourth-order valence-corrected chi connectivity index (χ4v) is 1.74. The van der Waals surface area contributed by atoms with E-state index in [0.29, 0.717) is 6.04 Å². The first-order valence-electron chi connectivity index (χ1n) is 6.05. The van der Waals surface area contributed by atoms with Crippen molar-refractivity contribution in [2.24, 2.45) is 0 Å². The van der Waals surface area contributed by atoms with Gasteiger partial charge in [-0.2, -0.15) is 5.10 Å². The molecule has 1 aromatic heterocycles. The van der Waals surface area contributed by atoms with E-state index in [4.69, 9.17) is 0 Å². The maximum atomic E-state index is 4.41. The van der Waals surface area contributed by atoms with Crippen LogP contribution in [-0.4, -0.2) is 16.3 Å². The summed E-state index contributed by atoms with van der Waals surface area (Å²) in [5, 5.41) is 7.80. The van der Waals surface area contributed by atoms with Crippen molar-refractivity contribution in [3.05, 3.63) is 18.0 Å². The molecule has 3 nitrogen and oxygen atoms in total. The Hall–Kier alpha value is -0.830. The molecule has 0 bridgehead atoms. The minimum Gasteiger partial charge on any atom is -0.313 e. The quantitative estimate of drug-likeness (QED) is 0.700. The van der Waals surface area contributed by atoms with Gasteiger partial charge in [0.15, 0.2) is 0 Å². The van der Waals surface area contributed by atoms with Gasteiger partial charge in [0.25, 0.3) is 0 Å². The molecule has 1 aromatic rings. The lowest BCUT2D eigenvalue weighted by Gasteiger charge is -2.12. The zero-order valence-corrected chi connectivity index (χ0v) is 10.2. The molecule has 0 amide bonds.